The fourth-order valence-corrected chi connectivity index (χ4v) is 3.27. The molecule has 0 saturated carbocycles. The molecule has 1 amide bonds. The van der Waals surface area contributed by atoms with Crippen molar-refractivity contribution in [2.45, 2.75) is 39.7 Å². The summed E-state index contributed by atoms with van der Waals surface area (Å²) in [5.74, 6) is 0.357. The summed E-state index contributed by atoms with van der Waals surface area (Å²) in [4.78, 5) is 27.3. The molecule has 1 aliphatic rings. The molecule has 1 aromatic carbocycles. The van der Waals surface area contributed by atoms with Crippen LogP contribution in [0.25, 0.3) is 0 Å². The molecule has 144 valence electrons. The smallest absolute Gasteiger partial charge is 0.292 e. The van der Waals surface area contributed by atoms with E-state index in [4.69, 9.17) is 4.74 Å². The van der Waals surface area contributed by atoms with Gasteiger partial charge in [0.2, 0.25) is 0 Å². The van der Waals surface area contributed by atoms with E-state index in [1.165, 1.54) is 4.68 Å². The second-order valence-corrected chi connectivity index (χ2v) is 6.68. The van der Waals surface area contributed by atoms with Crippen molar-refractivity contribution < 1.29 is 9.53 Å². The minimum absolute atomic E-state index is 0.124. The third-order valence-corrected chi connectivity index (χ3v) is 4.72. The van der Waals surface area contributed by atoms with Gasteiger partial charge in [-0.05, 0) is 44.7 Å². The first-order chi connectivity index (χ1) is 13.1. The van der Waals surface area contributed by atoms with Gasteiger partial charge < -0.3 is 15.0 Å². The Kier molecular flexibility index (Phi) is 6.11. The Bertz CT molecular complexity index is 857. The van der Waals surface area contributed by atoms with Crippen molar-refractivity contribution in [1.29, 1.82) is 0 Å². The third-order valence-electron chi connectivity index (χ3n) is 4.72. The number of hydrogen-bond donors (Lipinski definition) is 1. The molecule has 27 heavy (non-hydrogen) atoms. The van der Waals surface area contributed by atoms with Crippen molar-refractivity contribution in [1.82, 2.24) is 9.78 Å². The number of rotatable bonds is 6. The van der Waals surface area contributed by atoms with Gasteiger partial charge in [0.05, 0.1) is 11.9 Å². The third kappa shape index (κ3) is 4.48. The molecule has 0 radical (unpaired) electrons. The van der Waals surface area contributed by atoms with Gasteiger partial charge in [-0.2, -0.15) is 5.10 Å². The molecule has 0 aliphatic carbocycles. The fourth-order valence-electron chi connectivity index (χ4n) is 3.27. The first-order valence-corrected chi connectivity index (χ1v) is 9.43. The van der Waals surface area contributed by atoms with Crippen LogP contribution in [-0.2, 0) is 11.3 Å². The number of aromatic nitrogens is 2. The maximum atomic E-state index is 12.8. The fraction of sp³-hybridized carbons (Fsp3) is 0.450. The number of ether oxygens (including phenoxy) is 1. The summed E-state index contributed by atoms with van der Waals surface area (Å²) < 4.78 is 7.02. The molecule has 1 aliphatic heterocycles. The van der Waals surface area contributed by atoms with Gasteiger partial charge in [-0.15, -0.1) is 0 Å². The second kappa shape index (κ2) is 8.70. The molecule has 2 heterocycles. The average Bonchev–Trinajstić information content (AvgIpc) is 2.68. The van der Waals surface area contributed by atoms with Crippen LogP contribution in [0, 0.1) is 6.92 Å². The van der Waals surface area contributed by atoms with E-state index >= 15 is 0 Å². The summed E-state index contributed by atoms with van der Waals surface area (Å²) in [6, 6.07) is 7.53. The van der Waals surface area contributed by atoms with E-state index in [0.717, 1.165) is 37.9 Å². The van der Waals surface area contributed by atoms with Crippen LogP contribution in [0.4, 0.5) is 11.4 Å². The predicted octanol–water partition coefficient (Wildman–Crippen LogP) is 2.58. The van der Waals surface area contributed by atoms with Crippen LogP contribution in [-0.4, -0.2) is 35.4 Å². The predicted molar refractivity (Wildman–Crippen MR) is 106 cm³/mol. The summed E-state index contributed by atoms with van der Waals surface area (Å²) in [6.45, 7) is 5.79. The summed E-state index contributed by atoms with van der Waals surface area (Å²) in [6.07, 6.45) is 4.80. The number of nitrogens with one attached hydrogen (secondary N) is 1. The summed E-state index contributed by atoms with van der Waals surface area (Å²) in [5.41, 5.74) is 1.77. The van der Waals surface area contributed by atoms with Crippen LogP contribution < -0.4 is 20.5 Å². The highest BCUT2D eigenvalue weighted by Crippen LogP contribution is 2.24. The molecular weight excluding hydrogens is 344 g/mol. The van der Waals surface area contributed by atoms with Gasteiger partial charge in [-0.25, -0.2) is 4.68 Å². The number of carbonyl (C=O) groups excluding carboxylic acids is 1. The summed E-state index contributed by atoms with van der Waals surface area (Å²) in [5, 5.41) is 6.97. The van der Waals surface area contributed by atoms with E-state index < -0.39 is 0 Å². The zero-order chi connectivity index (χ0) is 19.2. The minimum Gasteiger partial charge on any atom is -0.483 e. The van der Waals surface area contributed by atoms with E-state index in [1.54, 1.807) is 6.20 Å². The lowest BCUT2D eigenvalue weighted by Gasteiger charge is -2.29. The lowest BCUT2D eigenvalue weighted by Crippen LogP contribution is -2.38. The first-order valence-electron chi connectivity index (χ1n) is 9.43. The number of carbonyl (C=O) groups is 1. The van der Waals surface area contributed by atoms with Crippen LogP contribution >= 0.6 is 0 Å². The van der Waals surface area contributed by atoms with Gasteiger partial charge >= 0.3 is 0 Å². The Morgan fingerprint density at radius 3 is 2.67 bits per heavy atom. The van der Waals surface area contributed by atoms with Crippen molar-refractivity contribution in [2.24, 2.45) is 0 Å². The molecule has 1 N–H and O–H groups in total. The quantitative estimate of drug-likeness (QED) is 0.846. The maximum Gasteiger partial charge on any atom is 0.292 e. The molecule has 7 heteroatoms. The van der Waals surface area contributed by atoms with Crippen LogP contribution in [0.1, 0.15) is 31.7 Å². The lowest BCUT2D eigenvalue weighted by atomic mass is 10.1. The van der Waals surface area contributed by atoms with E-state index in [-0.39, 0.29) is 18.1 Å². The normalized spacial score (nSPS) is 14.1. The van der Waals surface area contributed by atoms with Crippen molar-refractivity contribution in [3.8, 4) is 5.75 Å². The lowest BCUT2D eigenvalue weighted by molar-refractivity contribution is -0.118. The number of benzene rings is 1. The number of nitrogens with zero attached hydrogens (tertiary/aromatic N) is 3. The number of hydrogen-bond acceptors (Lipinski definition) is 5. The van der Waals surface area contributed by atoms with Gasteiger partial charge in [0, 0.05) is 19.6 Å². The van der Waals surface area contributed by atoms with Crippen LogP contribution in [0.2, 0.25) is 0 Å². The maximum absolute atomic E-state index is 12.8. The van der Waals surface area contributed by atoms with Gasteiger partial charge in [0.15, 0.2) is 6.61 Å². The number of aryl methyl sites for hydroxylation is 2. The minimum atomic E-state index is -0.313. The molecule has 0 bridgehead atoms. The molecule has 0 atom stereocenters. The van der Waals surface area contributed by atoms with Gasteiger partial charge in [0.1, 0.15) is 11.4 Å². The molecule has 1 saturated heterocycles. The molecule has 1 fully saturated rings. The molecule has 0 spiro atoms. The van der Waals surface area contributed by atoms with Crippen molar-refractivity contribution in [3.05, 3.63) is 46.4 Å². The number of para-hydroxylation sites is 1. The SMILES string of the molecule is CCn1ncc(NC(=O)COc2ccccc2C)c(N2CCCCC2)c1=O. The van der Waals surface area contributed by atoms with Gasteiger partial charge in [-0.1, -0.05) is 18.2 Å². The molecule has 2 aromatic rings. The molecule has 7 nitrogen and oxygen atoms in total. The average molecular weight is 370 g/mol. The Labute approximate surface area is 158 Å². The van der Waals surface area contributed by atoms with E-state index in [1.807, 2.05) is 38.1 Å². The second-order valence-electron chi connectivity index (χ2n) is 6.68. The van der Waals surface area contributed by atoms with Crippen molar-refractivity contribution >= 4 is 17.3 Å². The van der Waals surface area contributed by atoms with Crippen LogP contribution in [0.5, 0.6) is 5.75 Å². The van der Waals surface area contributed by atoms with Crippen LogP contribution in [0.15, 0.2) is 35.3 Å². The highest BCUT2D eigenvalue weighted by atomic mass is 16.5. The Morgan fingerprint density at radius 2 is 1.96 bits per heavy atom. The van der Waals surface area contributed by atoms with Crippen molar-refractivity contribution in [3.63, 3.8) is 0 Å². The molecule has 0 unspecified atom stereocenters. The monoisotopic (exact) mass is 370 g/mol. The number of piperidine rings is 1. The first kappa shape index (κ1) is 18.9. The zero-order valence-electron chi connectivity index (χ0n) is 15.9. The van der Waals surface area contributed by atoms with Crippen molar-refractivity contribution in [2.75, 3.05) is 29.9 Å². The molecular formula is C20H26N4O3. The largest absolute Gasteiger partial charge is 0.483 e. The standard InChI is InChI=1S/C20H26N4O3/c1-3-24-20(26)19(23-11-7-4-8-12-23)16(13-21-24)22-18(25)14-27-17-10-6-5-9-15(17)2/h5-6,9-10,13H,3-4,7-8,11-12,14H2,1-2H3,(H,22,25). The van der Waals surface area contributed by atoms with E-state index in [9.17, 15) is 9.59 Å². The van der Waals surface area contributed by atoms with E-state index in [0.29, 0.717) is 23.7 Å². The Balaban J connectivity index is 1.77. The Hall–Kier alpha value is -2.83. The molecule has 1 aromatic heterocycles. The van der Waals surface area contributed by atoms with Crippen LogP contribution in [0.3, 0.4) is 0 Å². The van der Waals surface area contributed by atoms with E-state index in [2.05, 4.69) is 15.3 Å². The highest BCUT2D eigenvalue weighted by molar-refractivity contribution is 5.95. The number of anilines is 2. The molecule has 3 rings (SSSR count). The topological polar surface area (TPSA) is 76.5 Å². The summed E-state index contributed by atoms with van der Waals surface area (Å²) in [7, 11) is 0. The number of amides is 1. The zero-order valence-corrected chi connectivity index (χ0v) is 15.9. The highest BCUT2D eigenvalue weighted by Gasteiger charge is 2.21. The van der Waals surface area contributed by atoms with Gasteiger partial charge in [-0.3, -0.25) is 9.59 Å². The summed E-state index contributed by atoms with van der Waals surface area (Å²) >= 11 is 0. The Morgan fingerprint density at radius 1 is 1.22 bits per heavy atom. The van der Waals surface area contributed by atoms with Gasteiger partial charge in [0.25, 0.3) is 11.5 Å².